The van der Waals surface area contributed by atoms with Gasteiger partial charge < -0.3 is 4.74 Å². The summed E-state index contributed by atoms with van der Waals surface area (Å²) in [5.41, 5.74) is 2.21. The van der Waals surface area contributed by atoms with E-state index in [2.05, 4.69) is 14.9 Å². The Balaban J connectivity index is 1.67. The Morgan fingerprint density at radius 3 is 2.84 bits per heavy atom. The molecule has 3 heterocycles. The lowest BCUT2D eigenvalue weighted by molar-refractivity contribution is 0.0237. The molecule has 0 spiro atoms. The zero-order valence-corrected chi connectivity index (χ0v) is 11.7. The lowest BCUT2D eigenvalue weighted by atomic mass is 9.92. The van der Waals surface area contributed by atoms with Crippen LogP contribution in [0.5, 0.6) is 0 Å². The fourth-order valence-corrected chi connectivity index (χ4v) is 3.31. The quantitative estimate of drug-likeness (QED) is 0.817. The predicted octanol–water partition coefficient (Wildman–Crippen LogP) is 2.14. The van der Waals surface area contributed by atoms with Gasteiger partial charge in [-0.25, -0.2) is 0 Å². The van der Waals surface area contributed by atoms with E-state index in [-0.39, 0.29) is 0 Å². The van der Waals surface area contributed by atoms with Crippen molar-refractivity contribution in [3.05, 3.63) is 23.8 Å². The molecule has 0 bridgehead atoms. The van der Waals surface area contributed by atoms with Gasteiger partial charge in [-0.3, -0.25) is 14.9 Å². The molecule has 0 aromatic carbocycles. The average Bonchev–Trinajstić information content (AvgIpc) is 2.48. The summed E-state index contributed by atoms with van der Waals surface area (Å²) in [6.07, 6.45) is 8.68. The largest absolute Gasteiger partial charge is 0.381 e. The number of hydrogen-bond donors (Lipinski definition) is 0. The number of rotatable bonds is 2. The highest BCUT2D eigenvalue weighted by atomic mass is 16.5. The third-order valence-electron chi connectivity index (χ3n) is 4.35. The van der Waals surface area contributed by atoms with Crippen molar-refractivity contribution >= 4 is 0 Å². The van der Waals surface area contributed by atoms with Gasteiger partial charge in [0, 0.05) is 44.1 Å². The average molecular weight is 261 g/mol. The molecular formula is C15H23N3O. The van der Waals surface area contributed by atoms with Crippen molar-refractivity contribution in [2.75, 3.05) is 26.3 Å². The third-order valence-corrected chi connectivity index (χ3v) is 4.35. The molecule has 1 aromatic rings. The van der Waals surface area contributed by atoms with Crippen molar-refractivity contribution in [2.45, 2.75) is 44.6 Å². The molecule has 2 fully saturated rings. The summed E-state index contributed by atoms with van der Waals surface area (Å²) in [6, 6.07) is 0.717. The zero-order chi connectivity index (χ0) is 13.1. The summed E-state index contributed by atoms with van der Waals surface area (Å²) in [4.78, 5) is 11.6. The maximum Gasteiger partial charge on any atom is 0.0633 e. The second-order valence-electron chi connectivity index (χ2n) is 5.76. The van der Waals surface area contributed by atoms with Crippen LogP contribution in [-0.4, -0.2) is 47.2 Å². The van der Waals surface area contributed by atoms with Gasteiger partial charge in [-0.15, -0.1) is 0 Å². The number of likely N-dealkylation sites (tertiary alicyclic amines) is 1. The maximum absolute atomic E-state index is 5.47. The van der Waals surface area contributed by atoms with Crippen LogP contribution >= 0.6 is 0 Å². The van der Waals surface area contributed by atoms with Gasteiger partial charge in [0.2, 0.25) is 0 Å². The molecule has 3 rings (SSSR count). The molecule has 0 N–H and O–H groups in total. The Bertz CT molecular complexity index is 418. The molecule has 1 aromatic heterocycles. The Morgan fingerprint density at radius 2 is 2.05 bits per heavy atom. The Hall–Kier alpha value is -1.00. The minimum atomic E-state index is 0.559. The summed E-state index contributed by atoms with van der Waals surface area (Å²) in [7, 11) is 0. The van der Waals surface area contributed by atoms with Gasteiger partial charge in [0.15, 0.2) is 0 Å². The van der Waals surface area contributed by atoms with Crippen molar-refractivity contribution in [1.29, 1.82) is 0 Å². The van der Waals surface area contributed by atoms with E-state index in [1.54, 1.807) is 0 Å². The van der Waals surface area contributed by atoms with Crippen LogP contribution in [0.25, 0.3) is 0 Å². The standard InChI is InChI=1S/C15H23N3O/c1-12-9-16-10-15(17-12)13-3-2-6-18(11-13)14-4-7-19-8-5-14/h9-10,13-14H,2-8,11H2,1H3. The normalized spacial score (nSPS) is 26.5. The molecule has 2 saturated heterocycles. The fraction of sp³-hybridized carbons (Fsp3) is 0.733. The summed E-state index contributed by atoms with van der Waals surface area (Å²) in [5, 5.41) is 0. The van der Waals surface area contributed by atoms with Crippen LogP contribution in [0.15, 0.2) is 12.4 Å². The first-order chi connectivity index (χ1) is 9.33. The molecule has 0 saturated carbocycles. The SMILES string of the molecule is Cc1cncc(C2CCCN(C3CCOCC3)C2)n1. The first-order valence-corrected chi connectivity index (χ1v) is 7.43. The third kappa shape index (κ3) is 3.12. The fourth-order valence-electron chi connectivity index (χ4n) is 3.31. The van der Waals surface area contributed by atoms with E-state index >= 15 is 0 Å². The van der Waals surface area contributed by atoms with E-state index in [0.29, 0.717) is 12.0 Å². The molecule has 19 heavy (non-hydrogen) atoms. The maximum atomic E-state index is 5.47. The van der Waals surface area contributed by atoms with Gasteiger partial charge in [0.05, 0.1) is 11.4 Å². The number of ether oxygens (including phenoxy) is 1. The molecule has 0 aliphatic carbocycles. The van der Waals surface area contributed by atoms with Crippen LogP contribution in [-0.2, 0) is 4.74 Å². The Labute approximate surface area is 115 Å². The van der Waals surface area contributed by atoms with Crippen LogP contribution in [0.2, 0.25) is 0 Å². The molecule has 104 valence electrons. The molecule has 1 unspecified atom stereocenters. The first-order valence-electron chi connectivity index (χ1n) is 7.43. The first kappa shape index (κ1) is 13.0. The van der Waals surface area contributed by atoms with E-state index in [0.717, 1.165) is 25.5 Å². The monoisotopic (exact) mass is 261 g/mol. The number of nitrogens with zero attached hydrogens (tertiary/aromatic N) is 3. The van der Waals surface area contributed by atoms with Crippen LogP contribution in [0.3, 0.4) is 0 Å². The minimum absolute atomic E-state index is 0.559. The molecule has 4 nitrogen and oxygen atoms in total. The molecule has 2 aliphatic rings. The minimum Gasteiger partial charge on any atom is -0.381 e. The van der Waals surface area contributed by atoms with Crippen LogP contribution < -0.4 is 0 Å². The predicted molar refractivity (Wildman–Crippen MR) is 74.2 cm³/mol. The second-order valence-corrected chi connectivity index (χ2v) is 5.76. The van der Waals surface area contributed by atoms with Crippen LogP contribution in [0.1, 0.15) is 43.0 Å². The molecule has 0 amide bonds. The smallest absolute Gasteiger partial charge is 0.0633 e. The highest BCUT2D eigenvalue weighted by Crippen LogP contribution is 2.28. The van der Waals surface area contributed by atoms with Crippen LogP contribution in [0.4, 0.5) is 0 Å². The summed E-state index contributed by atoms with van der Waals surface area (Å²) in [6.45, 7) is 6.25. The van der Waals surface area contributed by atoms with E-state index in [1.165, 1.54) is 37.9 Å². The van der Waals surface area contributed by atoms with Crippen molar-refractivity contribution in [1.82, 2.24) is 14.9 Å². The van der Waals surface area contributed by atoms with E-state index in [9.17, 15) is 0 Å². The lowest BCUT2D eigenvalue weighted by Gasteiger charge is -2.39. The molecule has 4 heteroatoms. The molecule has 2 aliphatic heterocycles. The Morgan fingerprint density at radius 1 is 1.21 bits per heavy atom. The van der Waals surface area contributed by atoms with Crippen LogP contribution in [0, 0.1) is 6.92 Å². The summed E-state index contributed by atoms with van der Waals surface area (Å²) < 4.78 is 5.47. The lowest BCUT2D eigenvalue weighted by Crippen LogP contribution is -2.44. The highest BCUT2D eigenvalue weighted by molar-refractivity contribution is 5.09. The van der Waals surface area contributed by atoms with E-state index in [4.69, 9.17) is 4.74 Å². The van der Waals surface area contributed by atoms with Crippen molar-refractivity contribution in [3.8, 4) is 0 Å². The summed E-state index contributed by atoms with van der Waals surface area (Å²) >= 11 is 0. The number of hydrogen-bond acceptors (Lipinski definition) is 4. The summed E-state index contributed by atoms with van der Waals surface area (Å²) in [5.74, 6) is 0.559. The van der Waals surface area contributed by atoms with Crippen molar-refractivity contribution in [3.63, 3.8) is 0 Å². The van der Waals surface area contributed by atoms with Gasteiger partial charge in [-0.2, -0.15) is 0 Å². The van der Waals surface area contributed by atoms with Gasteiger partial charge in [0.1, 0.15) is 0 Å². The van der Waals surface area contributed by atoms with Crippen molar-refractivity contribution in [2.24, 2.45) is 0 Å². The number of aromatic nitrogens is 2. The molecular weight excluding hydrogens is 238 g/mol. The molecule has 1 atom stereocenters. The zero-order valence-electron chi connectivity index (χ0n) is 11.7. The topological polar surface area (TPSA) is 38.2 Å². The van der Waals surface area contributed by atoms with E-state index < -0.39 is 0 Å². The second kappa shape index (κ2) is 5.97. The van der Waals surface area contributed by atoms with Crippen molar-refractivity contribution < 1.29 is 4.74 Å². The van der Waals surface area contributed by atoms with Gasteiger partial charge in [0.25, 0.3) is 0 Å². The Kier molecular flexibility index (Phi) is 4.09. The van der Waals surface area contributed by atoms with E-state index in [1.807, 2.05) is 19.3 Å². The highest BCUT2D eigenvalue weighted by Gasteiger charge is 2.28. The van der Waals surface area contributed by atoms with Gasteiger partial charge >= 0.3 is 0 Å². The van der Waals surface area contributed by atoms with Gasteiger partial charge in [-0.05, 0) is 39.2 Å². The number of piperidine rings is 1. The van der Waals surface area contributed by atoms with Gasteiger partial charge in [-0.1, -0.05) is 0 Å². The molecule has 0 radical (unpaired) electrons. The number of aryl methyl sites for hydroxylation is 1.